The quantitative estimate of drug-likeness (QED) is 0.846. The molecule has 1 saturated carbocycles. The molecular formula is C17H25NO3. The van der Waals surface area contributed by atoms with E-state index in [4.69, 9.17) is 4.74 Å². The molecule has 4 nitrogen and oxygen atoms in total. The molecule has 0 aromatic heterocycles. The average Bonchev–Trinajstić information content (AvgIpc) is 2.82. The maximum atomic E-state index is 11.6. The van der Waals surface area contributed by atoms with Crippen molar-refractivity contribution in [2.75, 3.05) is 0 Å². The minimum atomic E-state index is -0.846. The lowest BCUT2D eigenvalue weighted by molar-refractivity contribution is -0.145. The lowest BCUT2D eigenvalue weighted by Gasteiger charge is -2.28. The van der Waals surface area contributed by atoms with Crippen molar-refractivity contribution in [2.45, 2.75) is 64.1 Å². The van der Waals surface area contributed by atoms with E-state index in [2.05, 4.69) is 18.3 Å². The van der Waals surface area contributed by atoms with E-state index in [0.717, 1.165) is 18.6 Å². The fraction of sp³-hybridized carbons (Fsp3) is 0.588. The molecule has 2 atom stereocenters. The molecule has 0 radical (unpaired) electrons. The van der Waals surface area contributed by atoms with Gasteiger partial charge in [0.1, 0.15) is 17.4 Å². The molecule has 2 unspecified atom stereocenters. The summed E-state index contributed by atoms with van der Waals surface area (Å²) in [5.41, 5.74) is 0.386. The normalized spacial score (nSPS) is 25.2. The highest BCUT2D eigenvalue weighted by Gasteiger charge is 2.46. The van der Waals surface area contributed by atoms with E-state index in [1.54, 1.807) is 0 Å². The number of rotatable bonds is 6. The van der Waals surface area contributed by atoms with Crippen LogP contribution in [0, 0.1) is 0 Å². The van der Waals surface area contributed by atoms with E-state index in [-0.39, 0.29) is 12.1 Å². The zero-order valence-corrected chi connectivity index (χ0v) is 13.1. The highest BCUT2D eigenvalue weighted by molar-refractivity contribution is 5.79. The second kappa shape index (κ2) is 6.48. The van der Waals surface area contributed by atoms with Gasteiger partial charge in [0.2, 0.25) is 0 Å². The Balaban J connectivity index is 2.05. The molecule has 0 heterocycles. The SMILES string of the molecule is CCc1cccc(OC2CCC(NC(C)C)(C(=O)O)C2)c1. The molecule has 0 bridgehead atoms. The fourth-order valence-corrected chi connectivity index (χ4v) is 3.07. The first-order valence-corrected chi connectivity index (χ1v) is 7.72. The molecule has 1 aliphatic carbocycles. The van der Waals surface area contributed by atoms with E-state index in [9.17, 15) is 9.90 Å². The van der Waals surface area contributed by atoms with Gasteiger partial charge in [-0.3, -0.25) is 10.1 Å². The number of carboxylic acids is 1. The van der Waals surface area contributed by atoms with Crippen LogP contribution in [0.25, 0.3) is 0 Å². The lowest BCUT2D eigenvalue weighted by atomic mass is 9.96. The zero-order chi connectivity index (χ0) is 15.5. The smallest absolute Gasteiger partial charge is 0.324 e. The van der Waals surface area contributed by atoms with Crippen molar-refractivity contribution >= 4 is 5.97 Å². The second-order valence-corrected chi connectivity index (χ2v) is 6.17. The summed E-state index contributed by atoms with van der Waals surface area (Å²) in [5.74, 6) is 0.0645. The molecule has 1 aromatic carbocycles. The van der Waals surface area contributed by atoms with Gasteiger partial charge in [0, 0.05) is 12.5 Å². The molecule has 0 amide bonds. The highest BCUT2D eigenvalue weighted by atomic mass is 16.5. The Bertz CT molecular complexity index is 501. The van der Waals surface area contributed by atoms with Crippen LogP contribution < -0.4 is 10.1 Å². The van der Waals surface area contributed by atoms with Crippen LogP contribution in [-0.4, -0.2) is 28.8 Å². The maximum absolute atomic E-state index is 11.6. The summed E-state index contributed by atoms with van der Waals surface area (Å²) in [6.45, 7) is 6.06. The number of hydrogen-bond donors (Lipinski definition) is 2. The van der Waals surface area contributed by atoms with Gasteiger partial charge in [0.25, 0.3) is 0 Å². The summed E-state index contributed by atoms with van der Waals surface area (Å²) < 4.78 is 6.00. The Hall–Kier alpha value is -1.55. The van der Waals surface area contributed by atoms with Crippen molar-refractivity contribution < 1.29 is 14.6 Å². The molecule has 1 fully saturated rings. The van der Waals surface area contributed by atoms with Crippen molar-refractivity contribution in [3.63, 3.8) is 0 Å². The first kappa shape index (κ1) is 15.8. The molecule has 1 aromatic rings. The van der Waals surface area contributed by atoms with Gasteiger partial charge < -0.3 is 9.84 Å². The van der Waals surface area contributed by atoms with Crippen LogP contribution in [0.2, 0.25) is 0 Å². The Morgan fingerprint density at radius 3 is 2.90 bits per heavy atom. The minimum absolute atomic E-state index is 0.0422. The topological polar surface area (TPSA) is 58.6 Å². The number of carboxylic acid groups (broad SMARTS) is 1. The number of benzene rings is 1. The monoisotopic (exact) mass is 291 g/mol. The molecule has 0 aliphatic heterocycles. The summed E-state index contributed by atoms with van der Waals surface area (Å²) >= 11 is 0. The van der Waals surface area contributed by atoms with Crippen LogP contribution in [0.15, 0.2) is 24.3 Å². The first-order valence-electron chi connectivity index (χ1n) is 7.72. The summed E-state index contributed by atoms with van der Waals surface area (Å²) in [7, 11) is 0. The van der Waals surface area contributed by atoms with Crippen LogP contribution in [-0.2, 0) is 11.2 Å². The van der Waals surface area contributed by atoms with Gasteiger partial charge in [-0.25, -0.2) is 0 Å². The number of aliphatic carboxylic acids is 1. The van der Waals surface area contributed by atoms with Gasteiger partial charge in [0.15, 0.2) is 0 Å². The molecule has 0 saturated heterocycles. The number of carbonyl (C=O) groups is 1. The predicted molar refractivity (Wildman–Crippen MR) is 82.7 cm³/mol. The first-order chi connectivity index (χ1) is 9.95. The Morgan fingerprint density at radius 2 is 2.29 bits per heavy atom. The van der Waals surface area contributed by atoms with Gasteiger partial charge in [-0.15, -0.1) is 0 Å². The standard InChI is InChI=1S/C17H25NO3/c1-4-13-6-5-7-14(10-13)21-15-8-9-17(11-15,16(19)20)18-12(2)3/h5-7,10,12,15,18H,4,8-9,11H2,1-3H3,(H,19,20). The average molecular weight is 291 g/mol. The minimum Gasteiger partial charge on any atom is -0.490 e. The molecule has 116 valence electrons. The molecule has 21 heavy (non-hydrogen) atoms. The van der Waals surface area contributed by atoms with Gasteiger partial charge >= 0.3 is 5.97 Å². The van der Waals surface area contributed by atoms with Crippen LogP contribution >= 0.6 is 0 Å². The van der Waals surface area contributed by atoms with E-state index >= 15 is 0 Å². The molecule has 1 aliphatic rings. The van der Waals surface area contributed by atoms with Crippen molar-refractivity contribution in [2.24, 2.45) is 0 Å². The van der Waals surface area contributed by atoms with E-state index in [1.165, 1.54) is 5.56 Å². The van der Waals surface area contributed by atoms with Crippen molar-refractivity contribution in [3.8, 4) is 5.75 Å². The van der Waals surface area contributed by atoms with Gasteiger partial charge in [-0.2, -0.15) is 0 Å². The molecule has 0 spiro atoms. The molecule has 4 heteroatoms. The number of aryl methyl sites for hydroxylation is 1. The fourth-order valence-electron chi connectivity index (χ4n) is 3.07. The third-order valence-corrected chi connectivity index (χ3v) is 4.05. The van der Waals surface area contributed by atoms with Crippen LogP contribution in [0.3, 0.4) is 0 Å². The molecular weight excluding hydrogens is 266 g/mol. The summed E-state index contributed by atoms with van der Waals surface area (Å²) in [6, 6.07) is 8.18. The summed E-state index contributed by atoms with van der Waals surface area (Å²) in [4.78, 5) is 11.6. The Labute approximate surface area is 126 Å². The van der Waals surface area contributed by atoms with Gasteiger partial charge in [0.05, 0.1) is 0 Å². The number of hydrogen-bond acceptors (Lipinski definition) is 3. The Kier molecular flexibility index (Phi) is 4.88. The van der Waals surface area contributed by atoms with Crippen LogP contribution in [0.5, 0.6) is 5.75 Å². The van der Waals surface area contributed by atoms with Gasteiger partial charge in [-0.05, 0) is 50.8 Å². The third-order valence-electron chi connectivity index (χ3n) is 4.05. The molecule has 2 rings (SSSR count). The van der Waals surface area contributed by atoms with Crippen molar-refractivity contribution in [1.82, 2.24) is 5.32 Å². The van der Waals surface area contributed by atoms with Gasteiger partial charge in [-0.1, -0.05) is 19.1 Å². The predicted octanol–water partition coefficient (Wildman–Crippen LogP) is 3.00. The zero-order valence-electron chi connectivity index (χ0n) is 13.1. The Morgan fingerprint density at radius 1 is 1.52 bits per heavy atom. The maximum Gasteiger partial charge on any atom is 0.324 e. The van der Waals surface area contributed by atoms with Crippen LogP contribution in [0.1, 0.15) is 45.6 Å². The number of ether oxygens (including phenoxy) is 1. The number of nitrogens with one attached hydrogen (secondary N) is 1. The van der Waals surface area contributed by atoms with Crippen molar-refractivity contribution in [1.29, 1.82) is 0 Å². The van der Waals surface area contributed by atoms with E-state index < -0.39 is 11.5 Å². The van der Waals surface area contributed by atoms with E-state index in [1.807, 2.05) is 32.0 Å². The van der Waals surface area contributed by atoms with Crippen LogP contribution in [0.4, 0.5) is 0 Å². The summed E-state index contributed by atoms with van der Waals surface area (Å²) in [5, 5.41) is 12.8. The van der Waals surface area contributed by atoms with Crippen molar-refractivity contribution in [3.05, 3.63) is 29.8 Å². The third kappa shape index (κ3) is 3.76. The largest absolute Gasteiger partial charge is 0.490 e. The molecule has 2 N–H and O–H groups in total. The second-order valence-electron chi connectivity index (χ2n) is 6.17. The highest BCUT2D eigenvalue weighted by Crippen LogP contribution is 2.33. The summed E-state index contributed by atoms with van der Waals surface area (Å²) in [6.07, 6.45) is 2.81. The van der Waals surface area contributed by atoms with E-state index in [0.29, 0.717) is 12.8 Å². The lowest BCUT2D eigenvalue weighted by Crippen LogP contribution is -2.53.